The zero-order chi connectivity index (χ0) is 15.3. The highest BCUT2D eigenvalue weighted by Gasteiger charge is 2.25. The van der Waals surface area contributed by atoms with Gasteiger partial charge in [0.2, 0.25) is 11.8 Å². The molecule has 110 valence electrons. The predicted molar refractivity (Wildman–Crippen MR) is 78.1 cm³/mol. The molecule has 0 aromatic heterocycles. The molecule has 1 unspecified atom stereocenters. The third-order valence-electron chi connectivity index (χ3n) is 2.87. The highest BCUT2D eigenvalue weighted by atomic mass is 16.3. The van der Waals surface area contributed by atoms with Crippen LogP contribution in [0.25, 0.3) is 0 Å². The summed E-state index contributed by atoms with van der Waals surface area (Å²) < 4.78 is 0. The molecule has 0 saturated heterocycles. The van der Waals surface area contributed by atoms with Crippen molar-refractivity contribution in [2.24, 2.45) is 5.41 Å². The smallest absolute Gasteiger partial charge is 0.246 e. The number of hydrogen-bond acceptors (Lipinski definition) is 3. The lowest BCUT2D eigenvalue weighted by Gasteiger charge is -2.21. The Balaban J connectivity index is 2.69. The van der Waals surface area contributed by atoms with Gasteiger partial charge < -0.3 is 15.7 Å². The maximum atomic E-state index is 12.0. The standard InChI is InChI=1S/C15H22N2O3/c1-10(16-14(20)15(2,3)4)13(19)17-12-8-6-5-7-11(12)9-18/h5-8,10,18H,9H2,1-4H3,(H,16,20)(H,17,19). The Bertz CT molecular complexity index is 492. The molecule has 0 spiro atoms. The molecule has 1 aromatic carbocycles. The van der Waals surface area contributed by atoms with Crippen LogP contribution >= 0.6 is 0 Å². The van der Waals surface area contributed by atoms with Crippen LogP contribution in [0.2, 0.25) is 0 Å². The first kappa shape index (κ1) is 16.2. The van der Waals surface area contributed by atoms with Crippen LogP contribution in [0, 0.1) is 5.41 Å². The van der Waals surface area contributed by atoms with Crippen molar-refractivity contribution in [3.05, 3.63) is 29.8 Å². The molecule has 0 aliphatic heterocycles. The summed E-state index contributed by atoms with van der Waals surface area (Å²) in [4.78, 5) is 23.9. The monoisotopic (exact) mass is 278 g/mol. The first-order valence-corrected chi connectivity index (χ1v) is 6.56. The fraction of sp³-hybridized carbons (Fsp3) is 0.467. The summed E-state index contributed by atoms with van der Waals surface area (Å²) in [5.41, 5.74) is 0.643. The molecule has 0 heterocycles. The van der Waals surface area contributed by atoms with Crippen molar-refractivity contribution in [3.8, 4) is 0 Å². The van der Waals surface area contributed by atoms with E-state index in [0.717, 1.165) is 0 Å². The van der Waals surface area contributed by atoms with Crippen LogP contribution in [0.4, 0.5) is 5.69 Å². The molecule has 0 saturated carbocycles. The molecule has 3 N–H and O–H groups in total. The Morgan fingerprint density at radius 2 is 1.85 bits per heavy atom. The molecule has 1 atom stereocenters. The van der Waals surface area contributed by atoms with Gasteiger partial charge in [-0.1, -0.05) is 39.0 Å². The number of para-hydroxylation sites is 1. The number of aliphatic hydroxyl groups excluding tert-OH is 1. The van der Waals surface area contributed by atoms with Gasteiger partial charge in [-0.2, -0.15) is 0 Å². The minimum Gasteiger partial charge on any atom is -0.392 e. The molecule has 1 aromatic rings. The lowest BCUT2D eigenvalue weighted by atomic mass is 9.95. The van der Waals surface area contributed by atoms with Crippen LogP contribution in [0.1, 0.15) is 33.3 Å². The van der Waals surface area contributed by atoms with Crippen molar-refractivity contribution in [1.82, 2.24) is 5.32 Å². The van der Waals surface area contributed by atoms with E-state index < -0.39 is 11.5 Å². The van der Waals surface area contributed by atoms with E-state index in [2.05, 4.69) is 10.6 Å². The van der Waals surface area contributed by atoms with Crippen LogP contribution in [0.3, 0.4) is 0 Å². The minimum absolute atomic E-state index is 0.154. The van der Waals surface area contributed by atoms with Crippen LogP contribution in [0.5, 0.6) is 0 Å². The van der Waals surface area contributed by atoms with Crippen LogP contribution in [0.15, 0.2) is 24.3 Å². The maximum Gasteiger partial charge on any atom is 0.246 e. The lowest BCUT2D eigenvalue weighted by Crippen LogP contribution is -2.46. The zero-order valence-corrected chi connectivity index (χ0v) is 12.4. The summed E-state index contributed by atoms with van der Waals surface area (Å²) >= 11 is 0. The number of aliphatic hydroxyl groups is 1. The Hall–Kier alpha value is -1.88. The number of amides is 2. The van der Waals surface area contributed by atoms with E-state index in [1.165, 1.54) is 0 Å². The molecule has 20 heavy (non-hydrogen) atoms. The minimum atomic E-state index is -0.645. The van der Waals surface area contributed by atoms with Gasteiger partial charge in [0.15, 0.2) is 0 Å². The van der Waals surface area contributed by atoms with Gasteiger partial charge in [0, 0.05) is 16.7 Å². The summed E-state index contributed by atoms with van der Waals surface area (Å²) in [5.74, 6) is -0.501. The molecule has 1 rings (SSSR count). The number of rotatable bonds is 4. The second-order valence-electron chi connectivity index (χ2n) is 5.75. The van der Waals surface area contributed by atoms with E-state index >= 15 is 0 Å². The van der Waals surface area contributed by atoms with Crippen molar-refractivity contribution in [2.75, 3.05) is 5.32 Å². The molecule has 0 aliphatic carbocycles. The molecule has 0 radical (unpaired) electrons. The van der Waals surface area contributed by atoms with Gasteiger partial charge in [-0.05, 0) is 13.0 Å². The Morgan fingerprint density at radius 3 is 2.40 bits per heavy atom. The fourth-order valence-electron chi connectivity index (χ4n) is 1.50. The molecule has 0 bridgehead atoms. The second-order valence-corrected chi connectivity index (χ2v) is 5.75. The number of carbonyl (C=O) groups is 2. The van der Waals surface area contributed by atoms with Gasteiger partial charge in [0.1, 0.15) is 6.04 Å². The van der Waals surface area contributed by atoms with E-state index in [1.54, 1.807) is 52.0 Å². The highest BCUT2D eigenvalue weighted by Crippen LogP contribution is 2.16. The third kappa shape index (κ3) is 4.35. The van der Waals surface area contributed by atoms with Crippen LogP contribution < -0.4 is 10.6 Å². The van der Waals surface area contributed by atoms with Crippen molar-refractivity contribution in [3.63, 3.8) is 0 Å². The van der Waals surface area contributed by atoms with Gasteiger partial charge in [0.05, 0.1) is 6.61 Å². The molecule has 0 aliphatic rings. The molecule has 2 amide bonds. The first-order valence-electron chi connectivity index (χ1n) is 6.56. The van der Waals surface area contributed by atoms with Gasteiger partial charge >= 0.3 is 0 Å². The van der Waals surface area contributed by atoms with Gasteiger partial charge in [-0.3, -0.25) is 9.59 Å². The van der Waals surface area contributed by atoms with Crippen LogP contribution in [-0.4, -0.2) is 23.0 Å². The Labute approximate surface area is 119 Å². The van der Waals surface area contributed by atoms with Crippen molar-refractivity contribution in [2.45, 2.75) is 40.3 Å². The van der Waals surface area contributed by atoms with Crippen molar-refractivity contribution >= 4 is 17.5 Å². The quantitative estimate of drug-likeness (QED) is 0.784. The first-order chi connectivity index (χ1) is 9.25. The summed E-state index contributed by atoms with van der Waals surface area (Å²) in [6.45, 7) is 6.83. The SMILES string of the molecule is CC(NC(=O)C(C)(C)C)C(=O)Nc1ccccc1CO. The molecular formula is C15H22N2O3. The van der Waals surface area contributed by atoms with Gasteiger partial charge in [-0.15, -0.1) is 0 Å². The predicted octanol–water partition coefficient (Wildman–Crippen LogP) is 1.67. The number of benzene rings is 1. The number of nitrogens with one attached hydrogen (secondary N) is 2. The summed E-state index contributed by atoms with van der Waals surface area (Å²) in [6.07, 6.45) is 0. The molecule has 5 nitrogen and oxygen atoms in total. The van der Waals surface area contributed by atoms with E-state index in [1.807, 2.05) is 0 Å². The zero-order valence-electron chi connectivity index (χ0n) is 12.4. The van der Waals surface area contributed by atoms with Crippen molar-refractivity contribution < 1.29 is 14.7 Å². The second kappa shape index (κ2) is 6.52. The third-order valence-corrected chi connectivity index (χ3v) is 2.87. The average molecular weight is 278 g/mol. The van der Waals surface area contributed by atoms with E-state index in [4.69, 9.17) is 0 Å². The highest BCUT2D eigenvalue weighted by molar-refractivity contribution is 5.97. The van der Waals surface area contributed by atoms with Crippen LogP contribution in [-0.2, 0) is 16.2 Å². The Morgan fingerprint density at radius 1 is 1.25 bits per heavy atom. The largest absolute Gasteiger partial charge is 0.392 e. The van der Waals surface area contributed by atoms with E-state index in [0.29, 0.717) is 11.3 Å². The van der Waals surface area contributed by atoms with Crippen molar-refractivity contribution in [1.29, 1.82) is 0 Å². The van der Waals surface area contributed by atoms with Gasteiger partial charge in [0.25, 0.3) is 0 Å². The summed E-state index contributed by atoms with van der Waals surface area (Å²) in [7, 11) is 0. The lowest BCUT2D eigenvalue weighted by molar-refractivity contribution is -0.131. The molecular weight excluding hydrogens is 256 g/mol. The number of anilines is 1. The molecule has 0 fully saturated rings. The van der Waals surface area contributed by atoms with E-state index in [9.17, 15) is 14.7 Å². The van der Waals surface area contributed by atoms with E-state index in [-0.39, 0.29) is 18.4 Å². The summed E-state index contributed by atoms with van der Waals surface area (Å²) in [5, 5.41) is 14.6. The maximum absolute atomic E-state index is 12.0. The average Bonchev–Trinajstić information content (AvgIpc) is 2.38. The topological polar surface area (TPSA) is 78.4 Å². The van der Waals surface area contributed by atoms with Gasteiger partial charge in [-0.25, -0.2) is 0 Å². The number of hydrogen-bond donors (Lipinski definition) is 3. The number of carbonyl (C=O) groups excluding carboxylic acids is 2. The Kier molecular flexibility index (Phi) is 5.27. The molecule has 5 heteroatoms. The summed E-state index contributed by atoms with van der Waals surface area (Å²) in [6, 6.07) is 6.35. The fourth-order valence-corrected chi connectivity index (χ4v) is 1.50. The normalized spacial score (nSPS) is 12.7.